The first-order valence-corrected chi connectivity index (χ1v) is 9.59. The van der Waals surface area contributed by atoms with Gasteiger partial charge in [0.25, 0.3) is 0 Å². The molecule has 0 radical (unpaired) electrons. The fourth-order valence-corrected chi connectivity index (χ4v) is 3.51. The van der Waals surface area contributed by atoms with Gasteiger partial charge in [-0.25, -0.2) is 0 Å². The molecule has 0 unspecified atom stereocenters. The molecule has 0 aromatic carbocycles. The Labute approximate surface area is 145 Å². The summed E-state index contributed by atoms with van der Waals surface area (Å²) in [7, 11) is 4.20. The molecule has 0 aliphatic carbocycles. The molecule has 1 aliphatic rings. The van der Waals surface area contributed by atoms with E-state index in [-0.39, 0.29) is 0 Å². The van der Waals surface area contributed by atoms with Crippen LogP contribution in [0.1, 0.15) is 80.1 Å². The van der Waals surface area contributed by atoms with Gasteiger partial charge in [0.2, 0.25) is 0 Å². The summed E-state index contributed by atoms with van der Waals surface area (Å²) < 4.78 is 0. The van der Waals surface area contributed by atoms with E-state index in [1.807, 2.05) is 0 Å². The molecule has 1 heterocycles. The Hall–Kier alpha value is 0.149. The van der Waals surface area contributed by atoms with Crippen molar-refractivity contribution in [2.45, 2.75) is 91.1 Å². The standard InChI is InChI=1S/C17H33N2.ClH.Cu/c1-7-16(8-2,9-3)18-13-14-19(15-18)17(10-4,11-5)12-6;;/h13-15H,7-12H2,1-6H3;1H;/q-1;;+2/p-1. The Morgan fingerprint density at radius 1 is 0.714 bits per heavy atom. The Morgan fingerprint density at radius 2 is 0.952 bits per heavy atom. The molecular weight excluding hydrogens is 331 g/mol. The summed E-state index contributed by atoms with van der Waals surface area (Å²) in [4.78, 5) is 4.92. The molecule has 0 fully saturated rings. The molecule has 0 saturated heterocycles. The third-order valence-corrected chi connectivity index (χ3v) is 5.68. The van der Waals surface area contributed by atoms with Crippen molar-refractivity contribution in [1.29, 1.82) is 0 Å². The van der Waals surface area contributed by atoms with Crippen LogP contribution in [-0.4, -0.2) is 20.9 Å². The van der Waals surface area contributed by atoms with E-state index in [9.17, 15) is 0 Å². The van der Waals surface area contributed by atoms with Crippen LogP contribution in [0.15, 0.2) is 12.4 Å². The molecular formula is C17H33ClCuN2. The van der Waals surface area contributed by atoms with Crippen molar-refractivity contribution in [2.75, 3.05) is 0 Å². The van der Waals surface area contributed by atoms with E-state index >= 15 is 0 Å². The maximum atomic E-state index is 4.20. The number of halogens is 1. The molecule has 0 amide bonds. The minimum atomic E-state index is 0.298. The van der Waals surface area contributed by atoms with E-state index in [1.54, 1.807) is 0 Å². The van der Waals surface area contributed by atoms with Gasteiger partial charge >= 0.3 is 25.2 Å². The van der Waals surface area contributed by atoms with Crippen LogP contribution in [0.5, 0.6) is 0 Å². The van der Waals surface area contributed by atoms with Crippen molar-refractivity contribution in [2.24, 2.45) is 0 Å². The predicted molar refractivity (Wildman–Crippen MR) is 90.2 cm³/mol. The van der Waals surface area contributed by atoms with Crippen molar-refractivity contribution in [3.63, 3.8) is 0 Å². The average Bonchev–Trinajstić information content (AvgIpc) is 3.05. The first-order chi connectivity index (χ1) is 10.1. The topological polar surface area (TPSA) is 6.48 Å². The fourth-order valence-electron chi connectivity index (χ4n) is 3.51. The monoisotopic (exact) mass is 363 g/mol. The molecule has 0 bridgehead atoms. The van der Waals surface area contributed by atoms with Gasteiger partial charge in [0.15, 0.2) is 0 Å². The Morgan fingerprint density at radius 3 is 1.14 bits per heavy atom. The predicted octanol–water partition coefficient (Wildman–Crippen LogP) is 5.82. The summed E-state index contributed by atoms with van der Waals surface area (Å²) in [5, 5.41) is 0. The molecule has 2 nitrogen and oxygen atoms in total. The number of nitrogens with zero attached hydrogens (tertiary/aromatic N) is 2. The van der Waals surface area contributed by atoms with Gasteiger partial charge in [-0.3, -0.25) is 0 Å². The van der Waals surface area contributed by atoms with Gasteiger partial charge in [0, 0.05) is 11.1 Å². The van der Waals surface area contributed by atoms with E-state index in [0.29, 0.717) is 11.1 Å². The second-order valence-electron chi connectivity index (χ2n) is 5.80. The van der Waals surface area contributed by atoms with Gasteiger partial charge in [0.1, 0.15) is 0 Å². The summed E-state index contributed by atoms with van der Waals surface area (Å²) >= 11 is 3.66. The third-order valence-electron chi connectivity index (χ3n) is 5.68. The number of rotatable bonds is 8. The van der Waals surface area contributed by atoms with Gasteiger partial charge in [-0.1, -0.05) is 41.5 Å². The molecule has 0 saturated carbocycles. The van der Waals surface area contributed by atoms with Crippen LogP contribution in [-0.2, 0) is 15.1 Å². The molecule has 0 spiro atoms. The van der Waals surface area contributed by atoms with Crippen LogP contribution in [0.3, 0.4) is 0 Å². The average molecular weight is 364 g/mol. The zero-order chi connectivity index (χ0) is 16.5. The number of hydrogen-bond donors (Lipinski definition) is 0. The second kappa shape index (κ2) is 10.0. The van der Waals surface area contributed by atoms with Crippen molar-refractivity contribution in [1.82, 2.24) is 9.80 Å². The van der Waals surface area contributed by atoms with Gasteiger partial charge in [-0.05, 0) is 50.9 Å². The summed E-state index contributed by atoms with van der Waals surface area (Å²) in [6.45, 7) is 16.2. The maximum absolute atomic E-state index is 4.20. The third kappa shape index (κ3) is 4.33. The molecule has 1 rings (SSSR count). The van der Waals surface area contributed by atoms with E-state index in [2.05, 4.69) is 95.6 Å². The van der Waals surface area contributed by atoms with E-state index < -0.39 is 0 Å². The molecule has 0 N–H and O–H groups in total. The molecule has 4 heteroatoms. The summed E-state index contributed by atoms with van der Waals surface area (Å²) in [6, 6.07) is 0. The van der Waals surface area contributed by atoms with E-state index in [1.165, 1.54) is 38.5 Å². The number of hydrogen-bond acceptors (Lipinski definition) is 2. The van der Waals surface area contributed by atoms with E-state index in [0.717, 1.165) is 0 Å². The van der Waals surface area contributed by atoms with Crippen LogP contribution < -0.4 is 0 Å². The van der Waals surface area contributed by atoms with Crippen LogP contribution in [0.4, 0.5) is 0 Å². The van der Waals surface area contributed by atoms with Crippen LogP contribution in [0.25, 0.3) is 0 Å². The second-order valence-corrected chi connectivity index (χ2v) is 5.80. The molecule has 0 aromatic rings. The van der Waals surface area contributed by atoms with Gasteiger partial charge in [-0.2, -0.15) is 6.67 Å². The van der Waals surface area contributed by atoms with Crippen LogP contribution in [0.2, 0.25) is 0 Å². The first kappa shape index (κ1) is 21.1. The molecule has 0 atom stereocenters. The minimum absolute atomic E-state index is 0.298. The van der Waals surface area contributed by atoms with Crippen molar-refractivity contribution in [3.8, 4) is 0 Å². The summed E-state index contributed by atoms with van der Waals surface area (Å²) in [6.07, 6.45) is 11.8. The summed E-state index contributed by atoms with van der Waals surface area (Å²) in [5.41, 5.74) is 0.596. The van der Waals surface area contributed by atoms with Gasteiger partial charge in [0.05, 0.1) is 0 Å². The quantitative estimate of drug-likeness (QED) is 0.395. The molecule has 1 aliphatic heterocycles. The Kier molecular flexibility index (Phi) is 10.1. The van der Waals surface area contributed by atoms with Crippen LogP contribution >= 0.6 is 10.1 Å². The molecule has 0 aromatic heterocycles. The molecule has 21 heavy (non-hydrogen) atoms. The molecule has 129 valence electrons. The summed E-state index contributed by atoms with van der Waals surface area (Å²) in [5.74, 6) is 0. The van der Waals surface area contributed by atoms with Crippen molar-refractivity contribution >= 4 is 10.1 Å². The van der Waals surface area contributed by atoms with Crippen molar-refractivity contribution in [3.05, 3.63) is 19.1 Å². The zero-order valence-electron chi connectivity index (χ0n) is 14.5. The Balaban J connectivity index is 0.00000191. The van der Waals surface area contributed by atoms with Crippen LogP contribution in [0, 0.1) is 6.67 Å². The SMILES string of the molecule is CCC(CC)(CC)N1C=CN(C(CC)(CC)CC)[CH-]1.[Cl][Cu+]. The normalized spacial score (nSPS) is 15.3. The van der Waals surface area contributed by atoms with Crippen molar-refractivity contribution < 1.29 is 15.1 Å². The van der Waals surface area contributed by atoms with Gasteiger partial charge in [-0.15, -0.1) is 0 Å². The fraction of sp³-hybridized carbons (Fsp3) is 0.824. The first-order valence-electron chi connectivity index (χ1n) is 8.29. The van der Waals surface area contributed by atoms with Gasteiger partial charge < -0.3 is 9.80 Å². The Bertz CT molecular complexity index is 255. The zero-order valence-corrected chi connectivity index (χ0v) is 16.2. The van der Waals surface area contributed by atoms with E-state index in [4.69, 9.17) is 0 Å².